The van der Waals surface area contributed by atoms with Gasteiger partial charge in [0.2, 0.25) is 5.01 Å². The van der Waals surface area contributed by atoms with Gasteiger partial charge >= 0.3 is 5.97 Å². The third-order valence-corrected chi connectivity index (χ3v) is 5.51. The number of fused-ring (bicyclic) bond motifs is 1. The zero-order valence-corrected chi connectivity index (χ0v) is 12.2. The van der Waals surface area contributed by atoms with Crippen LogP contribution in [0.15, 0.2) is 5.38 Å². The maximum atomic E-state index is 10.8. The van der Waals surface area contributed by atoms with E-state index in [9.17, 15) is 9.90 Å². The van der Waals surface area contributed by atoms with E-state index in [0.717, 1.165) is 44.5 Å². The van der Waals surface area contributed by atoms with Crippen LogP contribution in [-0.4, -0.2) is 44.8 Å². The van der Waals surface area contributed by atoms with Crippen LogP contribution in [-0.2, 0) is 6.54 Å². The molecule has 1 aliphatic carbocycles. The molecule has 0 aromatic carbocycles. The number of aromatic nitrogens is 1. The van der Waals surface area contributed by atoms with E-state index in [2.05, 4.69) is 9.88 Å². The number of carbonyl (C=O) groups is 1. The van der Waals surface area contributed by atoms with Crippen molar-refractivity contribution in [2.45, 2.75) is 44.2 Å². The molecule has 2 unspecified atom stereocenters. The average molecular weight is 296 g/mol. The number of aromatic carboxylic acids is 1. The van der Waals surface area contributed by atoms with Gasteiger partial charge in [0.05, 0.1) is 11.3 Å². The van der Waals surface area contributed by atoms with Crippen molar-refractivity contribution < 1.29 is 15.0 Å². The minimum atomic E-state index is -0.957. The smallest absolute Gasteiger partial charge is 0.365 e. The fourth-order valence-electron chi connectivity index (χ4n) is 3.49. The Hall–Kier alpha value is -0.980. The molecule has 0 radical (unpaired) electrons. The van der Waals surface area contributed by atoms with Crippen LogP contribution in [0.2, 0.25) is 0 Å². The molecule has 2 aliphatic rings. The summed E-state index contributed by atoms with van der Waals surface area (Å²) in [5.41, 5.74) is 0.372. The summed E-state index contributed by atoms with van der Waals surface area (Å²) in [4.78, 5) is 17.3. The third-order valence-electron chi connectivity index (χ3n) is 4.63. The zero-order valence-electron chi connectivity index (χ0n) is 11.4. The molecule has 0 amide bonds. The number of nitrogens with zero attached hydrogens (tertiary/aromatic N) is 2. The van der Waals surface area contributed by atoms with E-state index < -0.39 is 11.6 Å². The summed E-state index contributed by atoms with van der Waals surface area (Å²) >= 11 is 1.18. The lowest BCUT2D eigenvalue weighted by atomic mass is 9.71. The second-order valence-electron chi connectivity index (χ2n) is 5.98. The summed E-state index contributed by atoms with van der Waals surface area (Å²) in [7, 11) is 0. The van der Waals surface area contributed by atoms with Crippen molar-refractivity contribution in [3.8, 4) is 0 Å². The first kappa shape index (κ1) is 14.0. The van der Waals surface area contributed by atoms with Crippen LogP contribution in [0.25, 0.3) is 0 Å². The van der Waals surface area contributed by atoms with Crippen LogP contribution in [0.5, 0.6) is 0 Å². The molecule has 2 N–H and O–H groups in total. The van der Waals surface area contributed by atoms with Crippen molar-refractivity contribution >= 4 is 17.3 Å². The highest BCUT2D eigenvalue weighted by molar-refractivity contribution is 7.11. The van der Waals surface area contributed by atoms with Gasteiger partial charge in [0, 0.05) is 30.9 Å². The van der Waals surface area contributed by atoms with Crippen molar-refractivity contribution in [3.05, 3.63) is 16.1 Å². The van der Waals surface area contributed by atoms with Crippen LogP contribution in [0.1, 0.15) is 47.6 Å². The summed E-state index contributed by atoms with van der Waals surface area (Å²) in [6, 6.07) is 0. The number of aliphatic hydroxyl groups is 1. The van der Waals surface area contributed by atoms with Gasteiger partial charge in [-0.25, -0.2) is 9.78 Å². The van der Waals surface area contributed by atoms with Gasteiger partial charge in [-0.1, -0.05) is 12.8 Å². The second kappa shape index (κ2) is 5.42. The summed E-state index contributed by atoms with van der Waals surface area (Å²) in [5, 5.41) is 21.5. The van der Waals surface area contributed by atoms with Crippen LogP contribution in [0.4, 0.5) is 0 Å². The Bertz CT molecular complexity index is 504. The molecular formula is C14H20N2O3S. The van der Waals surface area contributed by atoms with E-state index >= 15 is 0 Å². The minimum absolute atomic E-state index is 0.159. The van der Waals surface area contributed by atoms with E-state index in [-0.39, 0.29) is 5.01 Å². The number of carboxylic acids is 1. The molecule has 1 saturated carbocycles. The van der Waals surface area contributed by atoms with Gasteiger partial charge < -0.3 is 10.2 Å². The molecule has 6 heteroatoms. The lowest BCUT2D eigenvalue weighted by Crippen LogP contribution is -2.52. The predicted octanol–water partition coefficient (Wildman–Crippen LogP) is 1.97. The molecule has 5 nitrogen and oxygen atoms in total. The maximum Gasteiger partial charge on any atom is 0.365 e. The third kappa shape index (κ3) is 2.73. The normalized spacial score (nSPS) is 30.9. The van der Waals surface area contributed by atoms with Crippen molar-refractivity contribution in [1.29, 1.82) is 0 Å². The average Bonchev–Trinajstić information content (AvgIpc) is 2.88. The quantitative estimate of drug-likeness (QED) is 0.892. The van der Waals surface area contributed by atoms with Crippen molar-refractivity contribution in [1.82, 2.24) is 9.88 Å². The first-order valence-corrected chi connectivity index (χ1v) is 8.07. The van der Waals surface area contributed by atoms with Gasteiger partial charge in [-0.15, -0.1) is 11.3 Å². The highest BCUT2D eigenvalue weighted by atomic mass is 32.1. The van der Waals surface area contributed by atoms with E-state index in [1.165, 1.54) is 17.8 Å². The summed E-state index contributed by atoms with van der Waals surface area (Å²) in [6.45, 7) is 2.46. The Morgan fingerprint density at radius 1 is 1.50 bits per heavy atom. The van der Waals surface area contributed by atoms with Crippen molar-refractivity contribution in [2.24, 2.45) is 5.92 Å². The summed E-state index contributed by atoms with van der Waals surface area (Å²) in [5.74, 6) is -0.593. The van der Waals surface area contributed by atoms with E-state index in [1.54, 1.807) is 0 Å². The number of likely N-dealkylation sites (tertiary alicyclic amines) is 1. The molecule has 2 heterocycles. The number of carboxylic acid groups (broad SMARTS) is 1. The molecule has 3 rings (SSSR count). The van der Waals surface area contributed by atoms with Gasteiger partial charge in [-0.3, -0.25) is 4.90 Å². The Kier molecular flexibility index (Phi) is 3.79. The summed E-state index contributed by atoms with van der Waals surface area (Å²) in [6.07, 6.45) is 5.21. The zero-order chi connectivity index (χ0) is 14.2. The Morgan fingerprint density at radius 2 is 2.35 bits per heavy atom. The number of hydrogen-bond acceptors (Lipinski definition) is 5. The fourth-order valence-corrected chi connectivity index (χ4v) is 4.14. The molecule has 0 spiro atoms. The number of rotatable bonds is 3. The highest BCUT2D eigenvalue weighted by Crippen LogP contribution is 2.40. The Morgan fingerprint density at radius 3 is 3.10 bits per heavy atom. The number of hydrogen-bond donors (Lipinski definition) is 2. The van der Waals surface area contributed by atoms with Gasteiger partial charge in [-0.2, -0.15) is 0 Å². The molecule has 110 valence electrons. The molecule has 2 fully saturated rings. The monoisotopic (exact) mass is 296 g/mol. The van der Waals surface area contributed by atoms with E-state index in [4.69, 9.17) is 5.11 Å². The Labute approximate surface area is 122 Å². The molecule has 0 bridgehead atoms. The van der Waals surface area contributed by atoms with Gasteiger partial charge in [0.25, 0.3) is 0 Å². The largest absolute Gasteiger partial charge is 0.476 e. The fraction of sp³-hybridized carbons (Fsp3) is 0.714. The first-order valence-electron chi connectivity index (χ1n) is 7.19. The number of piperidine rings is 1. The maximum absolute atomic E-state index is 10.8. The van der Waals surface area contributed by atoms with Gasteiger partial charge in [0.1, 0.15) is 0 Å². The Balaban J connectivity index is 1.63. The molecular weight excluding hydrogens is 276 g/mol. The SMILES string of the molecule is O=C(O)c1nc(CN2CCC3(O)CCCCC3C2)cs1. The molecule has 20 heavy (non-hydrogen) atoms. The van der Waals surface area contributed by atoms with Crippen LogP contribution in [0, 0.1) is 5.92 Å². The predicted molar refractivity (Wildman–Crippen MR) is 75.9 cm³/mol. The van der Waals surface area contributed by atoms with Crippen LogP contribution in [0.3, 0.4) is 0 Å². The highest BCUT2D eigenvalue weighted by Gasteiger charge is 2.42. The molecule has 1 saturated heterocycles. The minimum Gasteiger partial charge on any atom is -0.476 e. The van der Waals surface area contributed by atoms with Crippen molar-refractivity contribution in [3.63, 3.8) is 0 Å². The van der Waals surface area contributed by atoms with Gasteiger partial charge in [-0.05, 0) is 19.3 Å². The van der Waals surface area contributed by atoms with Crippen LogP contribution >= 0.6 is 11.3 Å². The second-order valence-corrected chi connectivity index (χ2v) is 6.84. The van der Waals surface area contributed by atoms with E-state index in [1.807, 2.05) is 5.38 Å². The van der Waals surface area contributed by atoms with E-state index in [0.29, 0.717) is 12.5 Å². The van der Waals surface area contributed by atoms with Gasteiger partial charge in [0.15, 0.2) is 0 Å². The van der Waals surface area contributed by atoms with Crippen molar-refractivity contribution in [2.75, 3.05) is 13.1 Å². The first-order chi connectivity index (χ1) is 9.57. The molecule has 1 aromatic heterocycles. The lowest BCUT2D eigenvalue weighted by molar-refractivity contribution is -0.0969. The molecule has 1 aliphatic heterocycles. The summed E-state index contributed by atoms with van der Waals surface area (Å²) < 4.78 is 0. The molecule has 2 atom stereocenters. The molecule has 1 aromatic rings. The van der Waals surface area contributed by atoms with Crippen LogP contribution < -0.4 is 0 Å². The topological polar surface area (TPSA) is 73.7 Å². The standard InChI is InChI=1S/C14H20N2O3S/c17-13(18)12-15-11(9-20-12)8-16-6-5-14(19)4-2-1-3-10(14)7-16/h9-10,19H,1-8H2,(H,17,18). The number of thiazole rings is 1. The lowest BCUT2D eigenvalue weighted by Gasteiger charge is -2.47.